The minimum Gasteiger partial charge on any atom is -0.493 e. The Balaban J connectivity index is 2.44. The van der Waals surface area contributed by atoms with Crippen molar-refractivity contribution in [2.45, 2.75) is 13.0 Å². The summed E-state index contributed by atoms with van der Waals surface area (Å²) in [7, 11) is 0. The van der Waals surface area contributed by atoms with Crippen LogP contribution in [0.3, 0.4) is 0 Å². The van der Waals surface area contributed by atoms with Gasteiger partial charge in [-0.1, -0.05) is 30.3 Å². The van der Waals surface area contributed by atoms with E-state index < -0.39 is 11.7 Å². The summed E-state index contributed by atoms with van der Waals surface area (Å²) in [5.74, 6) is -0.0116. The Morgan fingerprint density at radius 1 is 1.39 bits per heavy atom. The molecule has 18 heavy (non-hydrogen) atoms. The third-order valence-corrected chi connectivity index (χ3v) is 2.43. The van der Waals surface area contributed by atoms with E-state index in [2.05, 4.69) is 9.97 Å². The molecule has 1 aromatic carbocycles. The maximum atomic E-state index is 11.3. The molecule has 0 bridgehead atoms. The van der Waals surface area contributed by atoms with Crippen LogP contribution in [0.4, 0.5) is 0 Å². The van der Waals surface area contributed by atoms with Crippen LogP contribution in [0, 0.1) is 0 Å². The van der Waals surface area contributed by atoms with Gasteiger partial charge in [0.2, 0.25) is 5.88 Å². The first-order valence-corrected chi connectivity index (χ1v) is 5.67. The molecule has 0 fully saturated rings. The summed E-state index contributed by atoms with van der Waals surface area (Å²) >= 11 is 0. The number of H-pyrrole nitrogens is 1. The van der Waals surface area contributed by atoms with Crippen LogP contribution in [0.2, 0.25) is 0 Å². The van der Waals surface area contributed by atoms with E-state index in [1.807, 2.05) is 37.3 Å². The number of hydrogen-bond donors (Lipinski definition) is 2. The van der Waals surface area contributed by atoms with Crippen molar-refractivity contribution in [2.24, 2.45) is 0 Å². The third-order valence-electron chi connectivity index (χ3n) is 2.43. The van der Waals surface area contributed by atoms with Gasteiger partial charge in [0.15, 0.2) is 0 Å². The molecule has 0 spiro atoms. The lowest BCUT2D eigenvalue weighted by Gasteiger charge is -2.16. The normalized spacial score (nSPS) is 12.3. The minimum absolute atomic E-state index is 0.299. The number of aromatic amines is 1. The Bertz CT molecular complexity index is 566. The van der Waals surface area contributed by atoms with Crippen LogP contribution in [0.15, 0.2) is 41.2 Å². The molecule has 5 nitrogen and oxygen atoms in total. The summed E-state index contributed by atoms with van der Waals surface area (Å²) in [5, 5.41) is 9.37. The van der Waals surface area contributed by atoms with E-state index in [1.165, 1.54) is 0 Å². The number of hydrogen-bond acceptors (Lipinski definition) is 4. The molecular weight excluding hydrogens is 232 g/mol. The van der Waals surface area contributed by atoms with Gasteiger partial charge >= 0.3 is 0 Å². The summed E-state index contributed by atoms with van der Waals surface area (Å²) in [6, 6.07) is 10.4. The predicted octanol–water partition coefficient (Wildman–Crippen LogP) is 1.60. The van der Waals surface area contributed by atoms with Gasteiger partial charge in [-0.2, -0.15) is 4.98 Å². The van der Waals surface area contributed by atoms with Gasteiger partial charge in [0.25, 0.3) is 5.56 Å². The van der Waals surface area contributed by atoms with Crippen LogP contribution >= 0.6 is 0 Å². The Hall–Kier alpha value is -2.14. The van der Waals surface area contributed by atoms with Gasteiger partial charge in [-0.25, -0.2) is 0 Å². The Labute approximate surface area is 104 Å². The van der Waals surface area contributed by atoms with E-state index in [-0.39, 0.29) is 5.88 Å². The van der Waals surface area contributed by atoms with Crippen LogP contribution in [-0.4, -0.2) is 21.7 Å². The molecule has 0 saturated heterocycles. The first-order valence-electron chi connectivity index (χ1n) is 5.67. The summed E-state index contributed by atoms with van der Waals surface area (Å²) in [4.78, 5) is 17.8. The lowest BCUT2D eigenvalue weighted by Crippen LogP contribution is -2.16. The topological polar surface area (TPSA) is 75.2 Å². The standard InChI is InChI=1S/C13H14N2O3/c1-2-18-12(9-6-4-3-5-7-9)13-14-10(16)8-11(17)15-13/h3-8,12H,2H2,1H3,(H2,14,15,16,17). The summed E-state index contributed by atoms with van der Waals surface area (Å²) in [6.45, 7) is 2.33. The Morgan fingerprint density at radius 3 is 2.72 bits per heavy atom. The molecule has 1 heterocycles. The average molecular weight is 246 g/mol. The largest absolute Gasteiger partial charge is 0.493 e. The molecule has 2 aromatic rings. The van der Waals surface area contributed by atoms with Gasteiger partial charge in [0.1, 0.15) is 11.9 Å². The zero-order chi connectivity index (χ0) is 13.0. The molecular formula is C13H14N2O3. The highest BCUT2D eigenvalue weighted by molar-refractivity contribution is 5.24. The van der Waals surface area contributed by atoms with Crippen LogP contribution < -0.4 is 5.56 Å². The number of aromatic hydroxyl groups is 1. The molecule has 1 atom stereocenters. The highest BCUT2D eigenvalue weighted by atomic mass is 16.5. The maximum Gasteiger partial charge on any atom is 0.254 e. The van der Waals surface area contributed by atoms with Gasteiger partial charge < -0.3 is 14.8 Å². The number of aromatic nitrogens is 2. The number of ether oxygens (including phenoxy) is 1. The van der Waals surface area contributed by atoms with Crippen LogP contribution in [0.5, 0.6) is 5.88 Å². The lowest BCUT2D eigenvalue weighted by atomic mass is 10.1. The molecule has 2 rings (SSSR count). The summed E-state index contributed by atoms with van der Waals surface area (Å²) in [6.07, 6.45) is -0.490. The highest BCUT2D eigenvalue weighted by Gasteiger charge is 2.17. The molecule has 0 aliphatic rings. The van der Waals surface area contributed by atoms with Gasteiger partial charge in [0, 0.05) is 6.61 Å². The van der Waals surface area contributed by atoms with Gasteiger partial charge in [-0.05, 0) is 12.5 Å². The molecule has 0 saturated carbocycles. The molecule has 94 valence electrons. The van der Waals surface area contributed by atoms with Crippen molar-refractivity contribution in [3.63, 3.8) is 0 Å². The van der Waals surface area contributed by atoms with E-state index in [0.29, 0.717) is 12.4 Å². The van der Waals surface area contributed by atoms with Crippen molar-refractivity contribution >= 4 is 0 Å². The fraction of sp³-hybridized carbons (Fsp3) is 0.231. The Kier molecular flexibility index (Phi) is 3.74. The van der Waals surface area contributed by atoms with E-state index in [4.69, 9.17) is 4.74 Å². The van der Waals surface area contributed by atoms with Crippen LogP contribution in [0.25, 0.3) is 0 Å². The van der Waals surface area contributed by atoms with Crippen molar-refractivity contribution in [1.29, 1.82) is 0 Å². The van der Waals surface area contributed by atoms with E-state index in [1.54, 1.807) is 0 Å². The lowest BCUT2D eigenvalue weighted by molar-refractivity contribution is 0.0844. The van der Waals surface area contributed by atoms with Crippen molar-refractivity contribution in [2.75, 3.05) is 6.61 Å². The zero-order valence-corrected chi connectivity index (χ0v) is 9.96. The van der Waals surface area contributed by atoms with Crippen molar-refractivity contribution in [3.05, 3.63) is 58.1 Å². The minimum atomic E-state index is -0.490. The number of nitrogens with one attached hydrogen (secondary N) is 1. The first kappa shape index (κ1) is 12.3. The summed E-state index contributed by atoms with van der Waals surface area (Å²) in [5.41, 5.74) is 0.464. The van der Waals surface area contributed by atoms with E-state index in [9.17, 15) is 9.90 Å². The van der Waals surface area contributed by atoms with Gasteiger partial charge in [-0.15, -0.1) is 0 Å². The second-order valence-corrected chi connectivity index (χ2v) is 3.73. The molecule has 1 unspecified atom stereocenters. The van der Waals surface area contributed by atoms with Crippen LogP contribution in [0.1, 0.15) is 24.4 Å². The van der Waals surface area contributed by atoms with Gasteiger partial charge in [-0.3, -0.25) is 4.79 Å². The Morgan fingerprint density at radius 2 is 2.11 bits per heavy atom. The SMILES string of the molecule is CCOC(c1ccccc1)c1nc(O)cc(=O)[nH]1. The molecule has 0 aliphatic heterocycles. The smallest absolute Gasteiger partial charge is 0.254 e. The van der Waals surface area contributed by atoms with Crippen molar-refractivity contribution in [3.8, 4) is 5.88 Å². The molecule has 1 aromatic heterocycles. The number of rotatable bonds is 4. The number of benzene rings is 1. The second kappa shape index (κ2) is 5.46. The molecule has 2 N–H and O–H groups in total. The molecule has 0 aliphatic carbocycles. The average Bonchev–Trinajstić information content (AvgIpc) is 2.36. The fourth-order valence-electron chi connectivity index (χ4n) is 1.71. The number of nitrogens with zero attached hydrogens (tertiary/aromatic N) is 1. The predicted molar refractivity (Wildman–Crippen MR) is 66.4 cm³/mol. The molecule has 0 amide bonds. The first-order chi connectivity index (χ1) is 8.70. The van der Waals surface area contributed by atoms with E-state index >= 15 is 0 Å². The highest BCUT2D eigenvalue weighted by Crippen LogP contribution is 2.22. The fourth-order valence-corrected chi connectivity index (χ4v) is 1.71. The van der Waals surface area contributed by atoms with Crippen molar-refractivity contribution in [1.82, 2.24) is 9.97 Å². The second-order valence-electron chi connectivity index (χ2n) is 3.73. The van der Waals surface area contributed by atoms with Crippen LogP contribution in [-0.2, 0) is 4.74 Å². The molecule has 5 heteroatoms. The van der Waals surface area contributed by atoms with E-state index in [0.717, 1.165) is 11.6 Å². The monoisotopic (exact) mass is 246 g/mol. The quantitative estimate of drug-likeness (QED) is 0.859. The third kappa shape index (κ3) is 2.75. The molecule has 0 radical (unpaired) electrons. The zero-order valence-electron chi connectivity index (χ0n) is 9.96. The van der Waals surface area contributed by atoms with Gasteiger partial charge in [0.05, 0.1) is 6.07 Å². The summed E-state index contributed by atoms with van der Waals surface area (Å²) < 4.78 is 5.58. The maximum absolute atomic E-state index is 11.3. The van der Waals surface area contributed by atoms with Crippen molar-refractivity contribution < 1.29 is 9.84 Å².